The van der Waals surface area contributed by atoms with E-state index in [0.29, 0.717) is 25.0 Å². The van der Waals surface area contributed by atoms with E-state index < -0.39 is 53.5 Å². The van der Waals surface area contributed by atoms with Crippen molar-refractivity contribution in [2.45, 2.75) is 57.3 Å². The van der Waals surface area contributed by atoms with E-state index >= 15 is 0 Å². The molecule has 12 heteroatoms. The lowest BCUT2D eigenvalue weighted by Gasteiger charge is -2.39. The summed E-state index contributed by atoms with van der Waals surface area (Å²) in [6.07, 6.45) is -9.26. The first kappa shape index (κ1) is 29.4. The Labute approximate surface area is 214 Å². The van der Waals surface area contributed by atoms with Gasteiger partial charge in [-0.25, -0.2) is 4.39 Å². The number of benzene rings is 2. The zero-order chi connectivity index (χ0) is 28.3. The van der Waals surface area contributed by atoms with Gasteiger partial charge >= 0.3 is 18.3 Å². The highest BCUT2D eigenvalue weighted by atomic mass is 19.4. The number of rotatable bonds is 4. The monoisotopic (exact) mass is 549 g/mol. The first-order valence-electron chi connectivity index (χ1n) is 11.6. The smallest absolute Gasteiger partial charge is 0.416 e. The standard InChI is InChI=1S/C20H21F6NO4.C6H5F/c1-18(17(29)30-2)4-3-14-8-15(9-27(14)16(18)28)31-10-11-5-12(19(21,22)23)7-13(6-11)20(24,25)26;7-6-4-2-1-3-5-6/h5-7,14-15H,3-4,8-10H2,1-2H3;1-5H. The number of halogens is 7. The molecule has 0 aliphatic carbocycles. The molecule has 208 valence electrons. The number of carbonyl (C=O) groups is 2. The van der Waals surface area contributed by atoms with Crippen LogP contribution in [0.2, 0.25) is 0 Å². The molecule has 2 saturated heterocycles. The SMILES string of the molecule is COC(=O)C1(C)CCC2CC(OCc3cc(C(F)(F)F)cc(C(F)(F)F)c3)CN2C1=O.Fc1ccccc1. The molecule has 5 nitrogen and oxygen atoms in total. The highest BCUT2D eigenvalue weighted by Gasteiger charge is 2.52. The number of fused-ring (bicyclic) bond motifs is 1. The molecule has 2 aliphatic heterocycles. The number of alkyl halides is 6. The molecule has 0 radical (unpaired) electrons. The van der Waals surface area contributed by atoms with Gasteiger partial charge in [0.25, 0.3) is 0 Å². The van der Waals surface area contributed by atoms with Crippen molar-refractivity contribution in [3.8, 4) is 0 Å². The van der Waals surface area contributed by atoms with Crippen molar-refractivity contribution in [1.82, 2.24) is 4.90 Å². The number of piperidine rings is 1. The topological polar surface area (TPSA) is 55.8 Å². The van der Waals surface area contributed by atoms with Gasteiger partial charge in [-0.1, -0.05) is 18.2 Å². The highest BCUT2D eigenvalue weighted by Crippen LogP contribution is 2.40. The Hall–Kier alpha value is -3.15. The maximum atomic E-state index is 13.0. The van der Waals surface area contributed by atoms with Gasteiger partial charge in [-0.15, -0.1) is 0 Å². The van der Waals surface area contributed by atoms with Gasteiger partial charge in [-0.05, 0) is 62.1 Å². The first-order chi connectivity index (χ1) is 17.6. The lowest BCUT2D eigenvalue weighted by atomic mass is 9.79. The largest absolute Gasteiger partial charge is 0.468 e. The summed E-state index contributed by atoms with van der Waals surface area (Å²) in [4.78, 5) is 26.3. The molecule has 2 heterocycles. The quantitative estimate of drug-likeness (QED) is 0.266. The van der Waals surface area contributed by atoms with Crippen LogP contribution in [0.4, 0.5) is 30.7 Å². The van der Waals surface area contributed by atoms with E-state index in [4.69, 9.17) is 9.47 Å². The second-order valence-electron chi connectivity index (χ2n) is 9.35. The number of carbonyl (C=O) groups excluding carboxylic acids is 2. The van der Waals surface area contributed by atoms with Crippen molar-refractivity contribution in [3.05, 3.63) is 71.0 Å². The normalized spacial score (nSPS) is 23.4. The molecule has 0 N–H and O–H groups in total. The van der Waals surface area contributed by atoms with Crippen LogP contribution >= 0.6 is 0 Å². The van der Waals surface area contributed by atoms with Crippen molar-refractivity contribution < 1.29 is 49.8 Å². The number of hydrogen-bond donors (Lipinski definition) is 0. The van der Waals surface area contributed by atoms with Crippen LogP contribution < -0.4 is 0 Å². The molecule has 1 amide bonds. The molecule has 2 aromatic carbocycles. The maximum Gasteiger partial charge on any atom is 0.416 e. The lowest BCUT2D eigenvalue weighted by molar-refractivity contribution is -0.166. The van der Waals surface area contributed by atoms with E-state index in [-0.39, 0.29) is 36.5 Å². The predicted octanol–water partition coefficient (Wildman–Crippen LogP) is 6.01. The van der Waals surface area contributed by atoms with Crippen LogP contribution in [0, 0.1) is 11.2 Å². The Bertz CT molecular complexity index is 1100. The van der Waals surface area contributed by atoms with Crippen LogP contribution in [0.15, 0.2) is 48.5 Å². The van der Waals surface area contributed by atoms with Crippen molar-refractivity contribution in [3.63, 3.8) is 0 Å². The molecule has 2 aromatic rings. The van der Waals surface area contributed by atoms with Crippen LogP contribution in [-0.4, -0.2) is 42.6 Å². The second kappa shape index (κ2) is 11.3. The second-order valence-corrected chi connectivity index (χ2v) is 9.35. The minimum absolute atomic E-state index is 0.0612. The van der Waals surface area contributed by atoms with Gasteiger partial charge in [-0.2, -0.15) is 26.3 Å². The maximum absolute atomic E-state index is 13.0. The Morgan fingerprint density at radius 1 is 1.03 bits per heavy atom. The van der Waals surface area contributed by atoms with E-state index in [1.165, 1.54) is 31.1 Å². The fraction of sp³-hybridized carbons (Fsp3) is 0.462. The molecule has 2 aliphatic rings. The third kappa shape index (κ3) is 6.83. The lowest BCUT2D eigenvalue weighted by Crippen LogP contribution is -2.53. The number of hydrogen-bond acceptors (Lipinski definition) is 4. The zero-order valence-corrected chi connectivity index (χ0v) is 20.5. The van der Waals surface area contributed by atoms with Crippen LogP contribution in [0.25, 0.3) is 0 Å². The first-order valence-corrected chi connectivity index (χ1v) is 11.6. The molecule has 0 spiro atoms. The predicted molar refractivity (Wildman–Crippen MR) is 121 cm³/mol. The fourth-order valence-corrected chi connectivity index (χ4v) is 4.54. The fourth-order valence-electron chi connectivity index (χ4n) is 4.54. The molecule has 0 aromatic heterocycles. The molecule has 2 fully saturated rings. The van der Waals surface area contributed by atoms with E-state index in [2.05, 4.69) is 0 Å². The third-order valence-corrected chi connectivity index (χ3v) is 6.59. The Morgan fingerprint density at radius 3 is 2.08 bits per heavy atom. The van der Waals surface area contributed by atoms with Crippen LogP contribution in [0.3, 0.4) is 0 Å². The summed E-state index contributed by atoms with van der Waals surface area (Å²) >= 11 is 0. The number of esters is 1. The van der Waals surface area contributed by atoms with Gasteiger partial charge < -0.3 is 14.4 Å². The molecule has 3 atom stereocenters. The van der Waals surface area contributed by atoms with Gasteiger partial charge in [0, 0.05) is 12.6 Å². The van der Waals surface area contributed by atoms with E-state index in [0.717, 1.165) is 0 Å². The molecule has 3 unspecified atom stereocenters. The van der Waals surface area contributed by atoms with Gasteiger partial charge in [0.2, 0.25) is 5.91 Å². The average Bonchev–Trinajstić information content (AvgIpc) is 3.28. The molecular weight excluding hydrogens is 523 g/mol. The summed E-state index contributed by atoms with van der Waals surface area (Å²) in [7, 11) is 1.19. The molecule has 38 heavy (non-hydrogen) atoms. The number of methoxy groups -OCH3 is 1. The van der Waals surface area contributed by atoms with Gasteiger partial charge in [0.05, 0.1) is 30.9 Å². The van der Waals surface area contributed by atoms with Gasteiger partial charge in [0.1, 0.15) is 11.2 Å². The van der Waals surface area contributed by atoms with Crippen molar-refractivity contribution in [1.29, 1.82) is 0 Å². The zero-order valence-electron chi connectivity index (χ0n) is 20.5. The summed E-state index contributed by atoms with van der Waals surface area (Å²) < 4.78 is 100. The van der Waals surface area contributed by atoms with Crippen LogP contribution in [0.1, 0.15) is 42.9 Å². The molecular formula is C26H26F7NO4. The molecule has 4 rings (SSSR count). The van der Waals surface area contributed by atoms with Gasteiger partial charge in [-0.3, -0.25) is 9.59 Å². The summed E-state index contributed by atoms with van der Waals surface area (Å²) in [6, 6.07) is 9.04. The van der Waals surface area contributed by atoms with Crippen molar-refractivity contribution in [2.24, 2.45) is 5.41 Å². The van der Waals surface area contributed by atoms with E-state index in [1.54, 1.807) is 18.2 Å². The summed E-state index contributed by atoms with van der Waals surface area (Å²) in [5, 5.41) is 0. The van der Waals surface area contributed by atoms with Crippen molar-refractivity contribution in [2.75, 3.05) is 13.7 Å². The van der Waals surface area contributed by atoms with E-state index in [1.807, 2.05) is 0 Å². The number of ether oxygens (including phenoxy) is 2. The summed E-state index contributed by atoms with van der Waals surface area (Å²) in [6.45, 7) is 1.12. The number of amides is 1. The Balaban J connectivity index is 0.000000494. The van der Waals surface area contributed by atoms with Crippen LogP contribution in [0.5, 0.6) is 0 Å². The third-order valence-electron chi connectivity index (χ3n) is 6.59. The van der Waals surface area contributed by atoms with Crippen LogP contribution in [-0.2, 0) is 38.0 Å². The summed E-state index contributed by atoms with van der Waals surface area (Å²) in [5.74, 6) is -1.24. The van der Waals surface area contributed by atoms with Crippen molar-refractivity contribution >= 4 is 11.9 Å². The molecule has 0 bridgehead atoms. The minimum Gasteiger partial charge on any atom is -0.468 e. The number of nitrogens with zero attached hydrogens (tertiary/aromatic N) is 1. The minimum atomic E-state index is -4.94. The van der Waals surface area contributed by atoms with Gasteiger partial charge in [0.15, 0.2) is 0 Å². The average molecular weight is 549 g/mol. The highest BCUT2D eigenvalue weighted by molar-refractivity contribution is 6.03. The summed E-state index contributed by atoms with van der Waals surface area (Å²) in [5.41, 5.74) is -4.40. The Kier molecular flexibility index (Phi) is 8.75. The van der Waals surface area contributed by atoms with E-state index in [9.17, 15) is 40.3 Å². The Morgan fingerprint density at radius 2 is 1.61 bits per heavy atom. The molecule has 0 saturated carbocycles.